The Bertz CT molecular complexity index is 900. The number of aromatic nitrogens is 2. The summed E-state index contributed by atoms with van der Waals surface area (Å²) in [5.41, 5.74) is 0.622. The number of alkyl halides is 3. The van der Waals surface area contributed by atoms with Crippen molar-refractivity contribution in [2.24, 2.45) is 5.92 Å². The molecule has 2 aromatic heterocycles. The number of pyridine rings is 2. The second-order valence-electron chi connectivity index (χ2n) is 6.69. The van der Waals surface area contributed by atoms with E-state index in [0.717, 1.165) is 12.8 Å². The zero-order valence-corrected chi connectivity index (χ0v) is 15.5. The zero-order valence-electron chi connectivity index (χ0n) is 15.5. The van der Waals surface area contributed by atoms with E-state index in [0.29, 0.717) is 5.69 Å². The molecule has 1 atom stereocenters. The van der Waals surface area contributed by atoms with Crippen molar-refractivity contribution in [1.29, 1.82) is 0 Å². The highest BCUT2D eigenvalue weighted by molar-refractivity contribution is 5.97. The van der Waals surface area contributed by atoms with Crippen LogP contribution in [-0.2, 0) is 4.79 Å². The van der Waals surface area contributed by atoms with Crippen LogP contribution in [0.5, 0.6) is 5.88 Å². The van der Waals surface area contributed by atoms with E-state index >= 15 is 0 Å². The van der Waals surface area contributed by atoms with Gasteiger partial charge in [0.2, 0.25) is 11.8 Å². The highest BCUT2D eigenvalue weighted by Crippen LogP contribution is 2.30. The molecule has 2 aromatic rings. The van der Waals surface area contributed by atoms with E-state index in [4.69, 9.17) is 0 Å². The smallest absolute Gasteiger partial charge is 0.422 e. The number of hydrogen-bond donors (Lipinski definition) is 2. The molecule has 3 rings (SSSR count). The van der Waals surface area contributed by atoms with E-state index in [1.807, 2.05) is 0 Å². The molecule has 1 aliphatic rings. The lowest BCUT2D eigenvalue weighted by atomic mass is 10.2. The largest absolute Gasteiger partial charge is 0.468 e. The van der Waals surface area contributed by atoms with Crippen molar-refractivity contribution < 1.29 is 27.5 Å². The standard InChI is InChI=1S/C19H19F3N4O3/c1-11(14-3-2-4-16(25-14)29-10-19(20,21)22)24-18(28)13-7-8-23-15(9-13)26-17(27)12-5-6-12/h2-4,7-9,11-12H,5-6,10H2,1H3,(H,24,28)(H,23,26,27). The first kappa shape index (κ1) is 20.6. The zero-order chi connectivity index (χ0) is 21.0. The van der Waals surface area contributed by atoms with Gasteiger partial charge in [-0.3, -0.25) is 9.59 Å². The summed E-state index contributed by atoms with van der Waals surface area (Å²) in [4.78, 5) is 32.3. The molecule has 1 fully saturated rings. The Kier molecular flexibility index (Phi) is 6.00. The number of ether oxygens (including phenoxy) is 1. The summed E-state index contributed by atoms with van der Waals surface area (Å²) in [5, 5.41) is 5.37. The van der Waals surface area contributed by atoms with Gasteiger partial charge in [0.1, 0.15) is 5.82 Å². The van der Waals surface area contributed by atoms with Crippen LogP contribution in [0.15, 0.2) is 36.5 Å². The molecule has 1 saturated carbocycles. The average Bonchev–Trinajstić information content (AvgIpc) is 3.51. The highest BCUT2D eigenvalue weighted by atomic mass is 19.4. The second kappa shape index (κ2) is 8.46. The minimum Gasteiger partial charge on any atom is -0.468 e. The third-order valence-corrected chi connectivity index (χ3v) is 4.14. The summed E-state index contributed by atoms with van der Waals surface area (Å²) in [6.07, 6.45) is -1.36. The maximum atomic E-state index is 12.5. The Morgan fingerprint density at radius 2 is 2.03 bits per heavy atom. The van der Waals surface area contributed by atoms with Crippen molar-refractivity contribution >= 4 is 17.6 Å². The van der Waals surface area contributed by atoms with E-state index in [-0.39, 0.29) is 29.1 Å². The van der Waals surface area contributed by atoms with Gasteiger partial charge in [-0.2, -0.15) is 13.2 Å². The summed E-state index contributed by atoms with van der Waals surface area (Å²) >= 11 is 0. The lowest BCUT2D eigenvalue weighted by Crippen LogP contribution is -2.27. The maximum absolute atomic E-state index is 12.5. The van der Waals surface area contributed by atoms with Gasteiger partial charge in [-0.1, -0.05) is 6.07 Å². The average molecular weight is 408 g/mol. The van der Waals surface area contributed by atoms with Crippen molar-refractivity contribution in [1.82, 2.24) is 15.3 Å². The number of carbonyl (C=O) groups excluding carboxylic acids is 2. The first-order chi connectivity index (χ1) is 13.7. The molecule has 1 unspecified atom stereocenters. The molecule has 0 bridgehead atoms. The molecule has 7 nitrogen and oxygen atoms in total. The lowest BCUT2D eigenvalue weighted by molar-refractivity contribution is -0.154. The fourth-order valence-electron chi connectivity index (χ4n) is 2.48. The van der Waals surface area contributed by atoms with E-state index < -0.39 is 24.7 Å². The predicted octanol–water partition coefficient (Wildman–Crippen LogP) is 3.26. The fraction of sp³-hybridized carbons (Fsp3) is 0.368. The fourth-order valence-corrected chi connectivity index (χ4v) is 2.48. The van der Waals surface area contributed by atoms with Gasteiger partial charge >= 0.3 is 6.18 Å². The van der Waals surface area contributed by atoms with E-state index in [1.54, 1.807) is 13.0 Å². The van der Waals surface area contributed by atoms with E-state index in [2.05, 4.69) is 25.3 Å². The Morgan fingerprint density at radius 1 is 1.28 bits per heavy atom. The van der Waals surface area contributed by atoms with Crippen LogP contribution >= 0.6 is 0 Å². The molecule has 2 N–H and O–H groups in total. The molecule has 154 valence electrons. The van der Waals surface area contributed by atoms with Crippen LogP contribution in [0, 0.1) is 5.92 Å². The summed E-state index contributed by atoms with van der Waals surface area (Å²) < 4.78 is 41.5. The van der Waals surface area contributed by atoms with Crippen molar-refractivity contribution in [3.63, 3.8) is 0 Å². The summed E-state index contributed by atoms with van der Waals surface area (Å²) in [5.74, 6) is -0.460. The molecule has 2 amide bonds. The molecule has 29 heavy (non-hydrogen) atoms. The van der Waals surface area contributed by atoms with Crippen molar-refractivity contribution in [2.75, 3.05) is 11.9 Å². The van der Waals surface area contributed by atoms with Crippen LogP contribution in [0.2, 0.25) is 0 Å². The lowest BCUT2D eigenvalue weighted by Gasteiger charge is -2.15. The normalized spacial score (nSPS) is 14.8. The molecule has 0 aromatic carbocycles. The first-order valence-electron chi connectivity index (χ1n) is 8.95. The van der Waals surface area contributed by atoms with E-state index in [9.17, 15) is 22.8 Å². The van der Waals surface area contributed by atoms with E-state index in [1.165, 1.54) is 30.5 Å². The molecule has 0 spiro atoms. The number of halogens is 3. The quantitative estimate of drug-likeness (QED) is 0.734. The van der Waals surface area contributed by atoms with Crippen LogP contribution < -0.4 is 15.4 Å². The van der Waals surface area contributed by atoms with Crippen LogP contribution in [0.3, 0.4) is 0 Å². The third-order valence-electron chi connectivity index (χ3n) is 4.14. The highest BCUT2D eigenvalue weighted by Gasteiger charge is 2.30. The van der Waals surface area contributed by atoms with Crippen LogP contribution in [-0.4, -0.2) is 34.6 Å². The molecular weight excluding hydrogens is 389 g/mol. The third kappa shape index (κ3) is 6.16. The topological polar surface area (TPSA) is 93.2 Å². The Labute approximate surface area is 164 Å². The Morgan fingerprint density at radius 3 is 2.72 bits per heavy atom. The number of hydrogen-bond acceptors (Lipinski definition) is 5. The molecule has 2 heterocycles. The van der Waals surface area contributed by atoms with Crippen LogP contribution in [0.25, 0.3) is 0 Å². The van der Waals surface area contributed by atoms with Crippen LogP contribution in [0.1, 0.15) is 41.9 Å². The SMILES string of the molecule is CC(NC(=O)c1ccnc(NC(=O)C2CC2)c1)c1cccc(OCC(F)(F)F)n1. The summed E-state index contributed by atoms with van der Waals surface area (Å²) in [7, 11) is 0. The summed E-state index contributed by atoms with van der Waals surface area (Å²) in [6.45, 7) is 0.196. The van der Waals surface area contributed by atoms with Gasteiger partial charge in [0.05, 0.1) is 11.7 Å². The monoisotopic (exact) mass is 408 g/mol. The number of amides is 2. The van der Waals surface area contributed by atoms with Gasteiger partial charge < -0.3 is 15.4 Å². The van der Waals surface area contributed by atoms with Gasteiger partial charge in [-0.25, -0.2) is 9.97 Å². The molecule has 1 aliphatic carbocycles. The molecule has 10 heteroatoms. The molecule has 0 radical (unpaired) electrons. The number of carbonyl (C=O) groups is 2. The van der Waals surface area contributed by atoms with Gasteiger partial charge in [-0.05, 0) is 38.0 Å². The predicted molar refractivity (Wildman–Crippen MR) is 97.3 cm³/mol. The molecule has 0 saturated heterocycles. The van der Waals surface area contributed by atoms with Crippen LogP contribution in [0.4, 0.5) is 19.0 Å². The summed E-state index contributed by atoms with van der Waals surface area (Å²) in [6, 6.07) is 6.73. The number of anilines is 1. The number of nitrogens with one attached hydrogen (secondary N) is 2. The maximum Gasteiger partial charge on any atom is 0.422 e. The van der Waals surface area contributed by atoms with Gasteiger partial charge in [0.25, 0.3) is 5.91 Å². The number of rotatable bonds is 7. The van der Waals surface area contributed by atoms with Crippen molar-refractivity contribution in [3.05, 3.63) is 47.8 Å². The molecule has 0 aliphatic heterocycles. The molecular formula is C19H19F3N4O3. The van der Waals surface area contributed by atoms with Gasteiger partial charge in [0, 0.05) is 23.7 Å². The minimum absolute atomic E-state index is 0.00669. The Hall–Kier alpha value is -3.17. The van der Waals surface area contributed by atoms with Crippen molar-refractivity contribution in [2.45, 2.75) is 32.0 Å². The van der Waals surface area contributed by atoms with Gasteiger partial charge in [-0.15, -0.1) is 0 Å². The van der Waals surface area contributed by atoms with Gasteiger partial charge in [0.15, 0.2) is 6.61 Å². The minimum atomic E-state index is -4.47. The first-order valence-corrected chi connectivity index (χ1v) is 8.95. The second-order valence-corrected chi connectivity index (χ2v) is 6.69. The number of nitrogens with zero attached hydrogens (tertiary/aromatic N) is 2. The van der Waals surface area contributed by atoms with Crippen molar-refractivity contribution in [3.8, 4) is 5.88 Å². The Balaban J connectivity index is 1.62.